The predicted octanol–water partition coefficient (Wildman–Crippen LogP) is 2.13. The molecule has 2 heterocycles. The minimum atomic E-state index is -5.26. The van der Waals surface area contributed by atoms with Gasteiger partial charge in [0.05, 0.1) is 17.2 Å². The highest BCUT2D eigenvalue weighted by Gasteiger charge is 2.50. The van der Waals surface area contributed by atoms with E-state index in [1.165, 1.54) is 0 Å². The van der Waals surface area contributed by atoms with Crippen molar-refractivity contribution in [3.05, 3.63) is 15.6 Å². The van der Waals surface area contributed by atoms with Crippen LogP contribution >= 0.6 is 11.3 Å². The predicted molar refractivity (Wildman–Crippen MR) is 99.1 cm³/mol. The summed E-state index contributed by atoms with van der Waals surface area (Å²) < 4.78 is 61.4. The number of aromatic nitrogens is 1. The Labute approximate surface area is 161 Å². The van der Waals surface area contributed by atoms with Crippen LogP contribution < -0.4 is 10.6 Å². The van der Waals surface area contributed by atoms with Crippen molar-refractivity contribution in [1.82, 2.24) is 19.9 Å². The molecule has 0 radical (unpaired) electrons. The maximum atomic E-state index is 12.6. The van der Waals surface area contributed by atoms with Crippen molar-refractivity contribution < 1.29 is 21.6 Å². The van der Waals surface area contributed by atoms with Crippen LogP contribution in [0.1, 0.15) is 35.3 Å². The van der Waals surface area contributed by atoms with Crippen LogP contribution in [0.15, 0.2) is 4.99 Å². The Balaban J connectivity index is 1.96. The van der Waals surface area contributed by atoms with Crippen LogP contribution in [-0.4, -0.2) is 54.9 Å². The molecular formula is C15H24F3N5O2S2. The van der Waals surface area contributed by atoms with Gasteiger partial charge < -0.3 is 10.6 Å². The lowest BCUT2D eigenvalue weighted by atomic mass is 10.1. The third kappa shape index (κ3) is 5.55. The normalized spacial score (nSPS) is 17.9. The SMILES string of the molecule is CCNC(=NCc1sc(C)nc1C)NC1CCN(S(=O)(=O)C(F)(F)F)CC1. The number of aryl methyl sites for hydroxylation is 2. The third-order valence-corrected chi connectivity index (χ3v) is 6.84. The maximum Gasteiger partial charge on any atom is 0.511 e. The fraction of sp³-hybridized carbons (Fsp3) is 0.733. The van der Waals surface area contributed by atoms with Crippen LogP contribution in [0.25, 0.3) is 0 Å². The molecule has 154 valence electrons. The van der Waals surface area contributed by atoms with Gasteiger partial charge >= 0.3 is 15.5 Å². The number of rotatable bonds is 5. The number of nitrogens with one attached hydrogen (secondary N) is 2. The standard InChI is InChI=1S/C15H24F3N5O2S2/c1-4-19-14(20-9-13-10(2)21-11(3)26-13)22-12-5-7-23(8-6-12)27(24,25)15(16,17)18/h12H,4-9H2,1-3H3,(H2,19,20,22). The number of sulfonamides is 1. The fourth-order valence-electron chi connectivity index (χ4n) is 2.77. The number of nitrogens with zero attached hydrogens (tertiary/aromatic N) is 3. The van der Waals surface area contributed by atoms with Gasteiger partial charge in [-0.2, -0.15) is 17.5 Å². The number of halogens is 3. The number of thiazole rings is 1. The van der Waals surface area contributed by atoms with Gasteiger partial charge in [-0.25, -0.2) is 18.4 Å². The molecule has 7 nitrogen and oxygen atoms in total. The van der Waals surface area contributed by atoms with E-state index in [9.17, 15) is 21.6 Å². The van der Waals surface area contributed by atoms with Crippen molar-refractivity contribution >= 4 is 27.3 Å². The lowest BCUT2D eigenvalue weighted by Crippen LogP contribution is -2.51. The van der Waals surface area contributed by atoms with E-state index in [0.29, 0.717) is 23.4 Å². The summed E-state index contributed by atoms with van der Waals surface area (Å²) in [6, 6.07) is -0.147. The highest BCUT2D eigenvalue weighted by atomic mass is 32.2. The molecule has 1 fully saturated rings. The largest absolute Gasteiger partial charge is 0.511 e. The topological polar surface area (TPSA) is 86.7 Å². The van der Waals surface area contributed by atoms with Crippen LogP contribution in [0.2, 0.25) is 0 Å². The van der Waals surface area contributed by atoms with E-state index >= 15 is 0 Å². The molecule has 0 unspecified atom stereocenters. The van der Waals surface area contributed by atoms with Gasteiger partial charge in [-0.3, -0.25) is 0 Å². The van der Waals surface area contributed by atoms with Crippen LogP contribution in [0.4, 0.5) is 13.2 Å². The Morgan fingerprint density at radius 1 is 1.33 bits per heavy atom. The first-order valence-electron chi connectivity index (χ1n) is 8.58. The molecular weight excluding hydrogens is 403 g/mol. The van der Waals surface area contributed by atoms with Gasteiger partial charge in [-0.1, -0.05) is 0 Å². The van der Waals surface area contributed by atoms with E-state index in [0.717, 1.165) is 15.6 Å². The van der Waals surface area contributed by atoms with Crippen molar-refractivity contribution in [2.24, 2.45) is 4.99 Å². The molecule has 1 aliphatic heterocycles. The van der Waals surface area contributed by atoms with Crippen molar-refractivity contribution in [2.75, 3.05) is 19.6 Å². The summed E-state index contributed by atoms with van der Waals surface area (Å²) in [6.07, 6.45) is 0.552. The smallest absolute Gasteiger partial charge is 0.357 e. The third-order valence-electron chi connectivity index (χ3n) is 4.15. The molecule has 0 bridgehead atoms. The van der Waals surface area contributed by atoms with Gasteiger partial charge in [0, 0.05) is 30.6 Å². The van der Waals surface area contributed by atoms with E-state index < -0.39 is 15.5 Å². The molecule has 0 spiro atoms. The summed E-state index contributed by atoms with van der Waals surface area (Å²) in [7, 11) is -5.26. The van der Waals surface area contributed by atoms with Gasteiger partial charge in [0.1, 0.15) is 0 Å². The Hall–Kier alpha value is -1.40. The highest BCUT2D eigenvalue weighted by Crippen LogP contribution is 2.29. The second-order valence-electron chi connectivity index (χ2n) is 6.21. The van der Waals surface area contributed by atoms with Gasteiger partial charge in [0.15, 0.2) is 5.96 Å². The quantitative estimate of drug-likeness (QED) is 0.555. The Morgan fingerprint density at radius 3 is 2.44 bits per heavy atom. The molecule has 0 amide bonds. The number of hydrogen-bond acceptors (Lipinski definition) is 5. The summed E-state index contributed by atoms with van der Waals surface area (Å²) in [4.78, 5) is 9.92. The van der Waals surface area contributed by atoms with Crippen LogP contribution in [0.3, 0.4) is 0 Å². The minimum Gasteiger partial charge on any atom is -0.357 e. The number of aliphatic imine (C=N–C) groups is 1. The van der Waals surface area contributed by atoms with Gasteiger partial charge in [0.25, 0.3) is 0 Å². The highest BCUT2D eigenvalue weighted by molar-refractivity contribution is 7.90. The minimum absolute atomic E-state index is 0.147. The summed E-state index contributed by atoms with van der Waals surface area (Å²) >= 11 is 1.57. The Morgan fingerprint density at radius 2 is 1.96 bits per heavy atom. The van der Waals surface area contributed by atoms with E-state index in [4.69, 9.17) is 0 Å². The van der Waals surface area contributed by atoms with Crippen molar-refractivity contribution in [2.45, 2.75) is 51.7 Å². The zero-order valence-corrected chi connectivity index (χ0v) is 17.1. The zero-order valence-electron chi connectivity index (χ0n) is 15.4. The first-order chi connectivity index (χ1) is 12.5. The Kier molecular flexibility index (Phi) is 7.09. The van der Waals surface area contributed by atoms with E-state index in [2.05, 4.69) is 20.6 Å². The number of hydrogen-bond donors (Lipinski definition) is 2. The first-order valence-corrected chi connectivity index (χ1v) is 10.8. The second kappa shape index (κ2) is 8.74. The first kappa shape index (κ1) is 21.9. The zero-order chi connectivity index (χ0) is 20.2. The average Bonchev–Trinajstić information content (AvgIpc) is 2.90. The molecule has 1 aromatic heterocycles. The summed E-state index contributed by atoms with van der Waals surface area (Å²) in [5.41, 5.74) is -4.32. The van der Waals surface area contributed by atoms with Gasteiger partial charge in [0.2, 0.25) is 0 Å². The fourth-order valence-corrected chi connectivity index (χ4v) is 4.62. The molecule has 0 aliphatic carbocycles. The number of guanidine groups is 1. The molecule has 0 atom stereocenters. The lowest BCUT2D eigenvalue weighted by Gasteiger charge is -2.32. The van der Waals surface area contributed by atoms with E-state index in [1.807, 2.05) is 20.8 Å². The Bertz CT molecular complexity index is 769. The number of piperidine rings is 1. The molecule has 2 rings (SSSR count). The van der Waals surface area contributed by atoms with Crippen LogP contribution in [0.5, 0.6) is 0 Å². The van der Waals surface area contributed by atoms with Crippen molar-refractivity contribution in [3.8, 4) is 0 Å². The monoisotopic (exact) mass is 427 g/mol. The summed E-state index contributed by atoms with van der Waals surface area (Å²) in [5, 5.41) is 7.25. The summed E-state index contributed by atoms with van der Waals surface area (Å²) in [5.74, 6) is 0.556. The van der Waals surface area contributed by atoms with Gasteiger partial charge in [-0.05, 0) is 33.6 Å². The molecule has 1 saturated heterocycles. The summed E-state index contributed by atoms with van der Waals surface area (Å²) in [6.45, 7) is 6.50. The van der Waals surface area contributed by atoms with Crippen LogP contribution in [0, 0.1) is 13.8 Å². The number of alkyl halides is 3. The van der Waals surface area contributed by atoms with Crippen molar-refractivity contribution in [1.29, 1.82) is 0 Å². The average molecular weight is 428 g/mol. The molecule has 2 N–H and O–H groups in total. The molecule has 1 aliphatic rings. The molecule has 0 saturated carbocycles. The molecule has 12 heteroatoms. The van der Waals surface area contributed by atoms with E-state index in [1.54, 1.807) is 11.3 Å². The molecule has 27 heavy (non-hydrogen) atoms. The van der Waals surface area contributed by atoms with E-state index in [-0.39, 0.29) is 32.0 Å². The van der Waals surface area contributed by atoms with Gasteiger partial charge in [-0.15, -0.1) is 11.3 Å². The maximum absolute atomic E-state index is 12.6. The molecule has 0 aromatic carbocycles. The molecule has 1 aromatic rings. The second-order valence-corrected chi connectivity index (χ2v) is 9.42. The van der Waals surface area contributed by atoms with Crippen LogP contribution in [-0.2, 0) is 16.6 Å². The van der Waals surface area contributed by atoms with Crippen molar-refractivity contribution in [3.63, 3.8) is 0 Å². The lowest BCUT2D eigenvalue weighted by molar-refractivity contribution is -0.0494.